The molecular formula is C19H27N5O5S2. The average Bonchev–Trinajstić information content (AvgIpc) is 3.12. The van der Waals surface area contributed by atoms with Crippen LogP contribution in [0.25, 0.3) is 0 Å². The van der Waals surface area contributed by atoms with Gasteiger partial charge in [-0.15, -0.1) is 0 Å². The van der Waals surface area contributed by atoms with Gasteiger partial charge in [-0.2, -0.15) is 9.40 Å². The highest BCUT2D eigenvalue weighted by atomic mass is 32.2. The quantitative estimate of drug-likeness (QED) is 0.583. The molecule has 0 spiro atoms. The van der Waals surface area contributed by atoms with E-state index < -0.39 is 10.0 Å². The molecule has 0 saturated carbocycles. The second-order valence-corrected chi connectivity index (χ2v) is 9.41. The van der Waals surface area contributed by atoms with Crippen LogP contribution in [0.2, 0.25) is 0 Å². The first-order valence-corrected chi connectivity index (χ1v) is 11.8. The van der Waals surface area contributed by atoms with Crippen molar-refractivity contribution in [1.29, 1.82) is 0 Å². The van der Waals surface area contributed by atoms with Gasteiger partial charge >= 0.3 is 0 Å². The number of H-pyrrole nitrogens is 1. The number of rotatable bonds is 8. The molecule has 12 heteroatoms. The minimum Gasteiger partial charge on any atom is -0.493 e. The Labute approximate surface area is 186 Å². The van der Waals surface area contributed by atoms with E-state index in [-0.39, 0.29) is 30.4 Å². The maximum absolute atomic E-state index is 13.0. The molecule has 1 aromatic heterocycles. The van der Waals surface area contributed by atoms with E-state index >= 15 is 0 Å². The largest absolute Gasteiger partial charge is 0.493 e. The number of methoxy groups -OCH3 is 2. The van der Waals surface area contributed by atoms with Gasteiger partial charge in [-0.25, -0.2) is 8.42 Å². The molecule has 170 valence electrons. The van der Waals surface area contributed by atoms with Gasteiger partial charge in [0.25, 0.3) is 0 Å². The van der Waals surface area contributed by atoms with Crippen LogP contribution >= 0.6 is 12.2 Å². The third-order valence-electron chi connectivity index (χ3n) is 5.19. The first-order valence-electron chi connectivity index (χ1n) is 9.95. The fourth-order valence-corrected chi connectivity index (χ4v) is 5.12. The zero-order valence-corrected chi connectivity index (χ0v) is 19.5. The third kappa shape index (κ3) is 4.91. The fraction of sp³-hybridized carbons (Fsp3) is 0.526. The number of carbonyl (C=O) groups is 1. The maximum atomic E-state index is 13.0. The second kappa shape index (κ2) is 9.79. The molecule has 1 aliphatic rings. The Morgan fingerprint density at radius 3 is 2.45 bits per heavy atom. The van der Waals surface area contributed by atoms with Crippen molar-refractivity contribution in [2.45, 2.75) is 31.2 Å². The summed E-state index contributed by atoms with van der Waals surface area (Å²) >= 11 is 5.23. The van der Waals surface area contributed by atoms with Crippen molar-refractivity contribution in [3.8, 4) is 11.5 Å². The molecule has 3 rings (SSSR count). The zero-order chi connectivity index (χ0) is 22.6. The SMILES string of the molecule is CCCc1n[nH]c(=S)n1CC(=O)N1CCN(S(=O)(=O)c2ccc(OC)c(OC)c2)CC1. The molecule has 0 radical (unpaired) electrons. The Morgan fingerprint density at radius 1 is 1.16 bits per heavy atom. The molecule has 2 heterocycles. The van der Waals surface area contributed by atoms with E-state index in [0.29, 0.717) is 29.4 Å². The molecule has 0 atom stereocenters. The summed E-state index contributed by atoms with van der Waals surface area (Å²) in [6, 6.07) is 4.50. The number of benzene rings is 1. The molecule has 0 bridgehead atoms. The number of piperazine rings is 1. The molecule has 31 heavy (non-hydrogen) atoms. The molecule has 0 aliphatic carbocycles. The predicted octanol–water partition coefficient (Wildman–Crippen LogP) is 1.44. The molecule has 1 N–H and O–H groups in total. The summed E-state index contributed by atoms with van der Waals surface area (Å²) in [5.74, 6) is 1.43. The van der Waals surface area contributed by atoms with Crippen LogP contribution < -0.4 is 9.47 Å². The highest BCUT2D eigenvalue weighted by Crippen LogP contribution is 2.30. The van der Waals surface area contributed by atoms with E-state index in [9.17, 15) is 13.2 Å². The van der Waals surface area contributed by atoms with Crippen LogP contribution in [0.3, 0.4) is 0 Å². The number of amides is 1. The maximum Gasteiger partial charge on any atom is 0.243 e. The molecule has 2 aromatic rings. The topological polar surface area (TPSA) is 110 Å². The van der Waals surface area contributed by atoms with Gasteiger partial charge < -0.3 is 14.4 Å². The molecule has 1 fully saturated rings. The highest BCUT2D eigenvalue weighted by molar-refractivity contribution is 7.89. The van der Waals surface area contributed by atoms with Crippen LogP contribution in [0.5, 0.6) is 11.5 Å². The lowest BCUT2D eigenvalue weighted by Crippen LogP contribution is -2.51. The van der Waals surface area contributed by atoms with Crippen LogP contribution in [-0.2, 0) is 27.8 Å². The zero-order valence-electron chi connectivity index (χ0n) is 17.8. The fourth-order valence-electron chi connectivity index (χ4n) is 3.47. The molecule has 1 saturated heterocycles. The van der Waals surface area contributed by atoms with Gasteiger partial charge in [-0.05, 0) is 30.8 Å². The highest BCUT2D eigenvalue weighted by Gasteiger charge is 2.31. The van der Waals surface area contributed by atoms with Crippen molar-refractivity contribution >= 4 is 28.1 Å². The minimum absolute atomic E-state index is 0.0904. The van der Waals surface area contributed by atoms with Gasteiger partial charge in [0.15, 0.2) is 16.3 Å². The van der Waals surface area contributed by atoms with E-state index in [0.717, 1.165) is 18.7 Å². The second-order valence-electron chi connectivity index (χ2n) is 7.08. The van der Waals surface area contributed by atoms with Gasteiger partial charge in [0.2, 0.25) is 15.9 Å². The van der Waals surface area contributed by atoms with Crippen molar-refractivity contribution in [2.75, 3.05) is 40.4 Å². The van der Waals surface area contributed by atoms with Crippen LogP contribution in [-0.4, -0.2) is 78.7 Å². The normalized spacial score (nSPS) is 15.1. The summed E-state index contributed by atoms with van der Waals surface area (Å²) in [6.07, 6.45) is 1.61. The third-order valence-corrected chi connectivity index (χ3v) is 7.39. The Bertz CT molecular complexity index is 1090. The summed E-state index contributed by atoms with van der Waals surface area (Å²) < 4.78 is 40.0. The smallest absolute Gasteiger partial charge is 0.243 e. The van der Waals surface area contributed by atoms with E-state index in [1.807, 2.05) is 6.92 Å². The number of sulfonamides is 1. The number of nitrogens with zero attached hydrogens (tertiary/aromatic N) is 4. The van der Waals surface area contributed by atoms with Gasteiger partial charge in [-0.3, -0.25) is 14.5 Å². The molecule has 10 nitrogen and oxygen atoms in total. The summed E-state index contributed by atoms with van der Waals surface area (Å²) in [6.45, 7) is 3.15. The first kappa shape index (κ1) is 23.2. The summed E-state index contributed by atoms with van der Waals surface area (Å²) in [4.78, 5) is 14.6. The number of ether oxygens (including phenoxy) is 2. The number of carbonyl (C=O) groups excluding carboxylic acids is 1. The Balaban J connectivity index is 1.67. The Kier molecular flexibility index (Phi) is 7.34. The Hall–Kier alpha value is -2.44. The number of aryl methyl sites for hydroxylation is 1. The number of nitrogens with one attached hydrogen (secondary N) is 1. The number of aromatic amines is 1. The molecule has 1 aliphatic heterocycles. The summed E-state index contributed by atoms with van der Waals surface area (Å²) in [5.41, 5.74) is 0. The summed E-state index contributed by atoms with van der Waals surface area (Å²) in [5, 5.41) is 6.91. The van der Waals surface area contributed by atoms with Crippen LogP contribution in [0.15, 0.2) is 23.1 Å². The predicted molar refractivity (Wildman–Crippen MR) is 116 cm³/mol. The van der Waals surface area contributed by atoms with Crippen molar-refractivity contribution in [3.63, 3.8) is 0 Å². The van der Waals surface area contributed by atoms with E-state index in [1.54, 1.807) is 15.5 Å². The average molecular weight is 470 g/mol. The van der Waals surface area contributed by atoms with E-state index in [2.05, 4.69) is 10.2 Å². The Morgan fingerprint density at radius 2 is 1.84 bits per heavy atom. The van der Waals surface area contributed by atoms with Crippen molar-refractivity contribution in [3.05, 3.63) is 28.8 Å². The van der Waals surface area contributed by atoms with Crippen LogP contribution in [0.4, 0.5) is 0 Å². The minimum atomic E-state index is -3.72. The monoisotopic (exact) mass is 469 g/mol. The van der Waals surface area contributed by atoms with Gasteiger partial charge in [0, 0.05) is 38.7 Å². The van der Waals surface area contributed by atoms with Gasteiger partial charge in [-0.1, -0.05) is 6.92 Å². The molecule has 1 aromatic carbocycles. The lowest BCUT2D eigenvalue weighted by molar-refractivity contribution is -0.133. The van der Waals surface area contributed by atoms with Crippen LogP contribution in [0, 0.1) is 4.77 Å². The summed E-state index contributed by atoms with van der Waals surface area (Å²) in [7, 11) is -0.771. The van der Waals surface area contributed by atoms with Crippen molar-refractivity contribution in [2.24, 2.45) is 0 Å². The van der Waals surface area contributed by atoms with E-state index in [1.165, 1.54) is 30.7 Å². The molecule has 1 amide bonds. The molecule has 0 unspecified atom stereocenters. The molecular weight excluding hydrogens is 442 g/mol. The number of hydrogen-bond donors (Lipinski definition) is 1. The number of aromatic nitrogens is 3. The van der Waals surface area contributed by atoms with Gasteiger partial charge in [0.05, 0.1) is 19.1 Å². The van der Waals surface area contributed by atoms with E-state index in [4.69, 9.17) is 21.7 Å². The van der Waals surface area contributed by atoms with Crippen molar-refractivity contribution < 1.29 is 22.7 Å². The first-order chi connectivity index (χ1) is 14.8. The van der Waals surface area contributed by atoms with Gasteiger partial charge in [0.1, 0.15) is 12.4 Å². The van der Waals surface area contributed by atoms with Crippen LogP contribution in [0.1, 0.15) is 19.2 Å². The van der Waals surface area contributed by atoms with Crippen molar-refractivity contribution in [1.82, 2.24) is 24.0 Å². The lowest BCUT2D eigenvalue weighted by atomic mass is 10.3. The number of hydrogen-bond acceptors (Lipinski definition) is 7. The lowest BCUT2D eigenvalue weighted by Gasteiger charge is -2.34. The standard InChI is InChI=1S/C19H27N5O5S2/c1-4-5-17-20-21-19(30)24(17)13-18(25)22-8-10-23(11-9-22)31(26,27)14-6-7-15(28-2)16(12-14)29-3/h6-7,12H,4-5,8-11,13H2,1-3H3,(H,21,30).